The molecule has 1 aliphatic carbocycles. The molecule has 0 spiro atoms. The number of hydrogen-bond acceptors (Lipinski definition) is 2. The third-order valence-corrected chi connectivity index (χ3v) is 5.25. The minimum Gasteiger partial charge on any atom is -0.492 e. The highest BCUT2D eigenvalue weighted by Crippen LogP contribution is 2.51. The largest absolute Gasteiger partial charge is 0.492 e. The highest BCUT2D eigenvalue weighted by atomic mass is 79.9. The number of benzene rings is 1. The lowest BCUT2D eigenvalue weighted by Gasteiger charge is -2.40. The van der Waals surface area contributed by atoms with Gasteiger partial charge in [0, 0.05) is 0 Å². The number of halogens is 1. The molecule has 0 radical (unpaired) electrons. The van der Waals surface area contributed by atoms with Gasteiger partial charge in [-0.25, -0.2) is 0 Å². The van der Waals surface area contributed by atoms with Crippen LogP contribution in [-0.2, 0) is 10.2 Å². The molecule has 3 heteroatoms. The Morgan fingerprint density at radius 1 is 1.29 bits per heavy atom. The van der Waals surface area contributed by atoms with Crippen molar-refractivity contribution in [2.45, 2.75) is 66.7 Å². The summed E-state index contributed by atoms with van der Waals surface area (Å²) in [7, 11) is 0. The van der Waals surface area contributed by atoms with Crippen molar-refractivity contribution in [1.29, 1.82) is 0 Å². The smallest absolute Gasteiger partial charge is 0.156 e. The zero-order valence-corrected chi connectivity index (χ0v) is 17.6. The van der Waals surface area contributed by atoms with E-state index in [4.69, 9.17) is 4.74 Å². The average molecular weight is 393 g/mol. The maximum absolute atomic E-state index is 12.4. The average Bonchev–Trinajstić information content (AvgIpc) is 2.43. The molecule has 2 nitrogen and oxygen atoms in total. The Morgan fingerprint density at radius 3 is 2.42 bits per heavy atom. The Hall–Kier alpha value is -1.09. The van der Waals surface area contributed by atoms with Crippen molar-refractivity contribution in [3.63, 3.8) is 0 Å². The lowest BCUT2D eigenvalue weighted by atomic mass is 9.64. The summed E-state index contributed by atoms with van der Waals surface area (Å²) >= 11 is 3.66. The second-order valence-electron chi connectivity index (χ2n) is 8.40. The minimum atomic E-state index is -0.0872. The van der Waals surface area contributed by atoms with Gasteiger partial charge in [-0.2, -0.15) is 0 Å². The number of rotatable bonds is 4. The van der Waals surface area contributed by atoms with Gasteiger partial charge in [0.2, 0.25) is 0 Å². The van der Waals surface area contributed by atoms with Gasteiger partial charge >= 0.3 is 0 Å². The number of ketones is 1. The van der Waals surface area contributed by atoms with E-state index in [-0.39, 0.29) is 16.6 Å². The number of hydrogen-bond donors (Lipinski definition) is 0. The van der Waals surface area contributed by atoms with Crippen molar-refractivity contribution >= 4 is 27.3 Å². The summed E-state index contributed by atoms with van der Waals surface area (Å²) in [5.74, 6) is 1.07. The molecule has 0 heterocycles. The van der Waals surface area contributed by atoms with Crippen LogP contribution in [0.2, 0.25) is 0 Å². The van der Waals surface area contributed by atoms with E-state index in [9.17, 15) is 4.79 Å². The lowest BCUT2D eigenvalue weighted by molar-refractivity contribution is -0.113. The van der Waals surface area contributed by atoms with Gasteiger partial charge in [-0.3, -0.25) is 4.79 Å². The molecular weight excluding hydrogens is 364 g/mol. The molecule has 0 bridgehead atoms. The van der Waals surface area contributed by atoms with Gasteiger partial charge in [0.1, 0.15) is 5.75 Å². The zero-order valence-electron chi connectivity index (χ0n) is 16.0. The van der Waals surface area contributed by atoms with Crippen molar-refractivity contribution in [3.8, 4) is 5.75 Å². The van der Waals surface area contributed by atoms with Gasteiger partial charge in [0.05, 0.1) is 11.1 Å². The maximum Gasteiger partial charge on any atom is 0.156 e. The van der Waals surface area contributed by atoms with Crippen LogP contribution in [0.1, 0.15) is 72.4 Å². The number of Topliss-reactive ketones (excluding diaryl/α,β-unsaturated/α-hetero) is 1. The second kappa shape index (κ2) is 6.67. The summed E-state index contributed by atoms with van der Waals surface area (Å²) in [6, 6.07) is 4.31. The fourth-order valence-corrected chi connectivity index (χ4v) is 4.05. The number of fused-ring (bicyclic) bond motifs is 1. The third kappa shape index (κ3) is 3.61. The first-order valence-corrected chi connectivity index (χ1v) is 9.50. The lowest BCUT2D eigenvalue weighted by Crippen LogP contribution is -2.30. The van der Waals surface area contributed by atoms with Crippen LogP contribution in [0.5, 0.6) is 5.75 Å². The topological polar surface area (TPSA) is 26.3 Å². The fourth-order valence-electron chi connectivity index (χ4n) is 3.59. The predicted molar refractivity (Wildman–Crippen MR) is 105 cm³/mol. The molecule has 1 aromatic carbocycles. The summed E-state index contributed by atoms with van der Waals surface area (Å²) in [6.45, 7) is 15.5. The van der Waals surface area contributed by atoms with Gasteiger partial charge in [0.25, 0.3) is 0 Å². The van der Waals surface area contributed by atoms with Crippen LogP contribution in [0.4, 0.5) is 0 Å². The van der Waals surface area contributed by atoms with Crippen LogP contribution in [0.25, 0.3) is 5.57 Å². The summed E-state index contributed by atoms with van der Waals surface area (Å²) in [4.78, 5) is 12.4. The zero-order chi connectivity index (χ0) is 18.3. The molecule has 0 unspecified atom stereocenters. The minimum absolute atomic E-state index is 0.0858. The molecule has 0 N–H and O–H groups in total. The summed E-state index contributed by atoms with van der Waals surface area (Å²) < 4.78 is 6.87. The van der Waals surface area contributed by atoms with E-state index >= 15 is 0 Å². The van der Waals surface area contributed by atoms with E-state index in [1.807, 2.05) is 0 Å². The van der Waals surface area contributed by atoms with Gasteiger partial charge in [0.15, 0.2) is 5.78 Å². The van der Waals surface area contributed by atoms with E-state index in [1.165, 1.54) is 16.7 Å². The molecule has 132 valence electrons. The number of allylic oxidation sites excluding steroid dienone is 2. The van der Waals surface area contributed by atoms with Crippen LogP contribution < -0.4 is 4.74 Å². The molecule has 0 atom stereocenters. The molecule has 0 fully saturated rings. The molecule has 0 amide bonds. The first-order chi connectivity index (χ1) is 11.0. The van der Waals surface area contributed by atoms with E-state index < -0.39 is 0 Å². The molecule has 0 aliphatic heterocycles. The van der Waals surface area contributed by atoms with E-state index in [0.29, 0.717) is 6.61 Å². The highest BCUT2D eigenvalue weighted by Gasteiger charge is 2.38. The molecular formula is C21H29BrO2. The number of carbonyl (C=O) groups excluding carboxylic acids is 1. The first-order valence-electron chi connectivity index (χ1n) is 8.70. The monoisotopic (exact) mass is 392 g/mol. The van der Waals surface area contributed by atoms with Gasteiger partial charge in [-0.1, -0.05) is 41.5 Å². The van der Waals surface area contributed by atoms with Crippen molar-refractivity contribution in [1.82, 2.24) is 0 Å². The number of carbonyl (C=O) groups is 1. The molecule has 0 saturated heterocycles. The highest BCUT2D eigenvalue weighted by molar-refractivity contribution is 9.10. The quantitative estimate of drug-likeness (QED) is 0.599. The van der Waals surface area contributed by atoms with E-state index in [2.05, 4.69) is 69.6 Å². The third-order valence-electron chi connectivity index (χ3n) is 4.63. The van der Waals surface area contributed by atoms with Crippen molar-refractivity contribution in [3.05, 3.63) is 33.3 Å². The first kappa shape index (κ1) is 19.2. The molecule has 2 rings (SSSR count). The van der Waals surface area contributed by atoms with Crippen LogP contribution in [0.3, 0.4) is 0 Å². The SMILES string of the molecule is CCCOc1cc2c(cc1Br)C(C(C)(C)C)=C(C(C)=O)CC2(C)C. The standard InChI is InChI=1S/C21H29BrO2/c1-8-9-24-18-11-16-14(10-17(18)22)19(20(3,4)5)15(13(2)23)12-21(16,6)7/h10-11H,8-9,12H2,1-7H3. The van der Waals surface area contributed by atoms with Gasteiger partial charge < -0.3 is 4.74 Å². The van der Waals surface area contributed by atoms with Crippen molar-refractivity contribution in [2.24, 2.45) is 5.41 Å². The fraction of sp³-hybridized carbons (Fsp3) is 0.571. The van der Waals surface area contributed by atoms with Crippen LogP contribution in [0, 0.1) is 5.41 Å². The van der Waals surface area contributed by atoms with Crippen LogP contribution >= 0.6 is 15.9 Å². The second-order valence-corrected chi connectivity index (χ2v) is 9.25. The van der Waals surface area contributed by atoms with Crippen molar-refractivity contribution in [2.75, 3.05) is 6.61 Å². The maximum atomic E-state index is 12.4. The summed E-state index contributed by atoms with van der Waals surface area (Å²) in [5.41, 5.74) is 4.42. The van der Waals surface area contributed by atoms with Gasteiger partial charge in [-0.05, 0) is 80.9 Å². The summed E-state index contributed by atoms with van der Waals surface area (Å²) in [6.07, 6.45) is 1.76. The molecule has 0 aromatic heterocycles. The van der Waals surface area contributed by atoms with Crippen LogP contribution in [-0.4, -0.2) is 12.4 Å². The Morgan fingerprint density at radius 2 is 1.92 bits per heavy atom. The Kier molecular flexibility index (Phi) is 5.34. The molecule has 0 saturated carbocycles. The van der Waals surface area contributed by atoms with Crippen molar-refractivity contribution < 1.29 is 9.53 Å². The predicted octanol–water partition coefficient (Wildman–Crippen LogP) is 6.31. The Bertz CT molecular complexity index is 691. The summed E-state index contributed by atoms with van der Waals surface area (Å²) in [5, 5.41) is 0. The van der Waals surface area contributed by atoms with E-state index in [0.717, 1.165) is 28.6 Å². The number of ether oxygens (including phenoxy) is 1. The molecule has 1 aliphatic rings. The van der Waals surface area contributed by atoms with E-state index in [1.54, 1.807) is 6.92 Å². The molecule has 1 aromatic rings. The Labute approximate surface area is 154 Å². The van der Waals surface area contributed by atoms with Crippen LogP contribution in [0.15, 0.2) is 22.2 Å². The molecule has 24 heavy (non-hydrogen) atoms. The van der Waals surface area contributed by atoms with Gasteiger partial charge in [-0.15, -0.1) is 0 Å². The normalized spacial score (nSPS) is 16.8. The Balaban J connectivity index is 2.75.